The summed E-state index contributed by atoms with van der Waals surface area (Å²) in [6.45, 7) is 1.44. The van der Waals surface area contributed by atoms with Crippen molar-refractivity contribution in [3.63, 3.8) is 0 Å². The number of pyridine rings is 1. The molecule has 5 nitrogen and oxygen atoms in total. The van der Waals surface area contributed by atoms with Crippen molar-refractivity contribution in [2.24, 2.45) is 0 Å². The predicted octanol–water partition coefficient (Wildman–Crippen LogP) is 2.75. The van der Waals surface area contributed by atoms with Gasteiger partial charge in [-0.25, -0.2) is 4.98 Å². The molecule has 0 N–H and O–H groups in total. The Labute approximate surface area is 110 Å². The van der Waals surface area contributed by atoms with Crippen LogP contribution < -0.4 is 4.74 Å². The van der Waals surface area contributed by atoms with E-state index >= 15 is 0 Å². The highest BCUT2D eigenvalue weighted by atomic mass is 16.5. The third-order valence-corrected chi connectivity index (χ3v) is 2.44. The normalized spacial score (nSPS) is 9.53. The molecule has 1 aromatic heterocycles. The molecule has 0 saturated heterocycles. The van der Waals surface area contributed by atoms with Crippen LogP contribution in [0.15, 0.2) is 48.7 Å². The summed E-state index contributed by atoms with van der Waals surface area (Å²) < 4.78 is 5.52. The zero-order valence-electron chi connectivity index (χ0n) is 10.3. The van der Waals surface area contributed by atoms with Gasteiger partial charge in [0.05, 0.1) is 0 Å². The fraction of sp³-hybridized carbons (Fsp3) is 0.0714. The van der Waals surface area contributed by atoms with E-state index in [1.807, 2.05) is 0 Å². The molecule has 1 aromatic carbocycles. The Bertz CT molecular complexity index is 647. The highest BCUT2D eigenvalue weighted by molar-refractivity contribution is 6.43. The molecule has 19 heavy (non-hydrogen) atoms. The molecule has 0 atom stereocenters. The Morgan fingerprint density at radius 3 is 2.79 bits per heavy atom. The highest BCUT2D eigenvalue weighted by Gasteiger charge is 2.16. The number of carbonyl (C=O) groups excluding carboxylic acids is 1. The van der Waals surface area contributed by atoms with Crippen LogP contribution in [0, 0.1) is 0 Å². The fourth-order valence-corrected chi connectivity index (χ4v) is 1.48. The molecule has 94 valence electrons. The zero-order chi connectivity index (χ0) is 13.7. The topological polar surface area (TPSA) is 75.6 Å². The average Bonchev–Trinajstić information content (AvgIpc) is 2.47. The van der Waals surface area contributed by atoms with Gasteiger partial charge in [-0.05, 0) is 18.2 Å². The van der Waals surface area contributed by atoms with Gasteiger partial charge in [0.25, 0.3) is 5.78 Å². The summed E-state index contributed by atoms with van der Waals surface area (Å²) in [6.07, 6.45) is 1.62. The lowest BCUT2D eigenvalue weighted by Gasteiger charge is -2.04. The van der Waals surface area contributed by atoms with Crippen molar-refractivity contribution >= 4 is 11.5 Å². The van der Waals surface area contributed by atoms with Gasteiger partial charge in [0.15, 0.2) is 0 Å². The molecule has 0 saturated carbocycles. The molecule has 0 aliphatic carbocycles. The third kappa shape index (κ3) is 3.12. The quantitative estimate of drug-likeness (QED) is 0.364. The molecular weight excluding hydrogens is 242 g/mol. The van der Waals surface area contributed by atoms with E-state index < -0.39 is 0 Å². The average molecular weight is 253 g/mol. The maximum absolute atomic E-state index is 11.8. The number of ketones is 1. The molecule has 0 radical (unpaired) electrons. The molecule has 0 spiro atoms. The van der Waals surface area contributed by atoms with E-state index in [9.17, 15) is 4.79 Å². The first kappa shape index (κ1) is 12.7. The van der Waals surface area contributed by atoms with Gasteiger partial charge in [-0.1, -0.05) is 18.2 Å². The second kappa shape index (κ2) is 5.71. The summed E-state index contributed by atoms with van der Waals surface area (Å²) in [4.78, 5) is 18.7. The van der Waals surface area contributed by atoms with Gasteiger partial charge < -0.3 is 10.3 Å². The Hall–Kier alpha value is -2.78. The molecule has 1 heterocycles. The summed E-state index contributed by atoms with van der Waals surface area (Å²) in [7, 11) is 0. The monoisotopic (exact) mass is 253 g/mol. The summed E-state index contributed by atoms with van der Waals surface area (Å²) in [6, 6.07) is 11.9. The van der Waals surface area contributed by atoms with Crippen LogP contribution in [0.4, 0.5) is 0 Å². The van der Waals surface area contributed by atoms with Gasteiger partial charge in [0.1, 0.15) is 5.75 Å². The van der Waals surface area contributed by atoms with Gasteiger partial charge in [-0.15, -0.1) is 0 Å². The lowest BCUT2D eigenvalue weighted by Crippen LogP contribution is -2.11. The standard InChI is InChI=1S/C14H11N3O2/c1-10(17-15)14(18)11-5-4-6-12(9-11)19-13-7-2-3-8-16-13/h2-9H,1H3. The van der Waals surface area contributed by atoms with Crippen molar-refractivity contribution in [1.82, 2.24) is 4.98 Å². The minimum absolute atomic E-state index is 0.0231. The van der Waals surface area contributed by atoms with Crippen LogP contribution >= 0.6 is 0 Å². The molecule has 0 bridgehead atoms. The number of hydrogen-bond acceptors (Lipinski definition) is 3. The number of rotatable bonds is 4. The van der Waals surface area contributed by atoms with Gasteiger partial charge >= 0.3 is 5.71 Å². The SMILES string of the molecule is CC(=[N+]=[N-])C(=O)c1cccc(Oc2ccccn2)c1. The second-order valence-electron chi connectivity index (χ2n) is 3.81. The van der Waals surface area contributed by atoms with Crippen LogP contribution in [0.3, 0.4) is 0 Å². The van der Waals surface area contributed by atoms with Gasteiger partial charge in [0, 0.05) is 24.8 Å². The lowest BCUT2D eigenvalue weighted by molar-refractivity contribution is -0.00678. The number of nitrogens with zero attached hydrogens (tertiary/aromatic N) is 3. The Morgan fingerprint density at radius 2 is 2.11 bits per heavy atom. The smallest absolute Gasteiger partial charge is 0.336 e. The van der Waals surface area contributed by atoms with Crippen molar-refractivity contribution < 1.29 is 14.3 Å². The van der Waals surface area contributed by atoms with E-state index in [2.05, 4.69) is 9.77 Å². The predicted molar refractivity (Wildman–Crippen MR) is 69.4 cm³/mol. The molecule has 0 amide bonds. The Kier molecular flexibility index (Phi) is 3.81. The first-order chi connectivity index (χ1) is 9.20. The van der Waals surface area contributed by atoms with Crippen molar-refractivity contribution in [3.05, 3.63) is 59.8 Å². The lowest BCUT2D eigenvalue weighted by atomic mass is 10.1. The highest BCUT2D eigenvalue weighted by Crippen LogP contribution is 2.20. The van der Waals surface area contributed by atoms with E-state index in [0.29, 0.717) is 17.2 Å². The summed E-state index contributed by atoms with van der Waals surface area (Å²) in [5.74, 6) is 0.587. The summed E-state index contributed by atoms with van der Waals surface area (Å²) in [5, 5.41) is 0. The van der Waals surface area contributed by atoms with Crippen molar-refractivity contribution in [3.8, 4) is 11.6 Å². The van der Waals surface area contributed by atoms with Crippen LogP contribution in [-0.4, -0.2) is 21.3 Å². The van der Waals surface area contributed by atoms with E-state index in [4.69, 9.17) is 10.3 Å². The van der Waals surface area contributed by atoms with Crippen molar-refractivity contribution in [2.75, 3.05) is 0 Å². The number of hydrogen-bond donors (Lipinski definition) is 0. The second-order valence-corrected chi connectivity index (χ2v) is 3.81. The molecular formula is C14H11N3O2. The maximum Gasteiger partial charge on any atom is 0.336 e. The summed E-state index contributed by atoms with van der Waals surface area (Å²) >= 11 is 0. The molecule has 0 aliphatic heterocycles. The molecule has 0 unspecified atom stereocenters. The Balaban J connectivity index is 2.25. The number of Topliss-reactive ketones (excluding diaryl/α,β-unsaturated/α-hetero) is 1. The number of benzene rings is 1. The largest absolute Gasteiger partial charge is 0.439 e. The fourth-order valence-electron chi connectivity index (χ4n) is 1.48. The van der Waals surface area contributed by atoms with Crippen LogP contribution in [-0.2, 0) is 0 Å². The summed E-state index contributed by atoms with van der Waals surface area (Å²) in [5.41, 5.74) is 9.01. The van der Waals surface area contributed by atoms with Gasteiger partial charge in [-0.2, -0.15) is 4.79 Å². The molecule has 2 aromatic rings. The number of ether oxygens (including phenoxy) is 1. The molecule has 0 aliphatic rings. The van der Waals surface area contributed by atoms with Crippen LogP contribution in [0.1, 0.15) is 17.3 Å². The van der Waals surface area contributed by atoms with E-state index in [0.717, 1.165) is 0 Å². The van der Waals surface area contributed by atoms with Crippen molar-refractivity contribution in [1.29, 1.82) is 0 Å². The van der Waals surface area contributed by atoms with E-state index in [1.54, 1.807) is 48.7 Å². The third-order valence-electron chi connectivity index (χ3n) is 2.44. The minimum Gasteiger partial charge on any atom is -0.439 e. The number of carbonyl (C=O) groups is 1. The minimum atomic E-state index is -0.353. The van der Waals surface area contributed by atoms with Crippen LogP contribution in [0.25, 0.3) is 5.53 Å². The number of aromatic nitrogens is 1. The zero-order valence-corrected chi connectivity index (χ0v) is 10.3. The van der Waals surface area contributed by atoms with Gasteiger partial charge in [-0.3, -0.25) is 4.79 Å². The molecule has 5 heteroatoms. The first-order valence-electron chi connectivity index (χ1n) is 5.63. The Morgan fingerprint density at radius 1 is 1.26 bits per heavy atom. The van der Waals surface area contributed by atoms with Crippen LogP contribution in [0.5, 0.6) is 11.6 Å². The maximum atomic E-state index is 11.8. The van der Waals surface area contributed by atoms with Crippen LogP contribution in [0.2, 0.25) is 0 Å². The first-order valence-corrected chi connectivity index (χ1v) is 5.63. The van der Waals surface area contributed by atoms with E-state index in [1.165, 1.54) is 6.92 Å². The van der Waals surface area contributed by atoms with Gasteiger partial charge in [0.2, 0.25) is 5.88 Å². The molecule has 0 fully saturated rings. The molecule has 2 rings (SSSR count). The van der Waals surface area contributed by atoms with E-state index in [-0.39, 0.29) is 11.5 Å². The van der Waals surface area contributed by atoms with Crippen molar-refractivity contribution in [2.45, 2.75) is 6.92 Å².